The lowest BCUT2D eigenvalue weighted by Crippen LogP contribution is -2.35. The monoisotopic (exact) mass is 342 g/mol. The Labute approximate surface area is 139 Å². The summed E-state index contributed by atoms with van der Waals surface area (Å²) in [5.74, 6) is -1.37. The van der Waals surface area contributed by atoms with E-state index >= 15 is 0 Å². The van der Waals surface area contributed by atoms with Crippen molar-refractivity contribution in [3.8, 4) is 0 Å². The average Bonchev–Trinajstić information content (AvgIpc) is 2.48. The summed E-state index contributed by atoms with van der Waals surface area (Å²) in [4.78, 5) is 13.1. The van der Waals surface area contributed by atoms with Crippen LogP contribution in [0.1, 0.15) is 31.7 Å². The molecule has 0 amide bonds. The van der Waals surface area contributed by atoms with Crippen LogP contribution in [-0.2, 0) is 9.53 Å². The number of carbonyl (C=O) groups is 1. The van der Waals surface area contributed by atoms with Gasteiger partial charge in [-0.1, -0.05) is 12.2 Å². The normalized spacial score (nSPS) is 15.5. The van der Waals surface area contributed by atoms with Crippen LogP contribution in [0.4, 0.5) is 14.5 Å². The molecular weight excluding hydrogens is 322 g/mol. The standard InChI is InChI=1S/C16H20F2N2O2S/c1-2-22-14(21)7-10-3-5-20(6-4-10)15-12(17)8-11(16(19)23)9-13(15)18/h8-10H,2-7H2,1H3,(H2,19,23). The predicted octanol–water partition coefficient (Wildman–Crippen LogP) is 2.77. The van der Waals surface area contributed by atoms with Crippen LogP contribution in [0.5, 0.6) is 0 Å². The lowest BCUT2D eigenvalue weighted by atomic mass is 9.93. The molecule has 1 aliphatic heterocycles. The zero-order chi connectivity index (χ0) is 17.0. The van der Waals surface area contributed by atoms with E-state index in [-0.39, 0.29) is 28.1 Å². The van der Waals surface area contributed by atoms with E-state index in [2.05, 4.69) is 0 Å². The quantitative estimate of drug-likeness (QED) is 0.659. The van der Waals surface area contributed by atoms with Gasteiger partial charge in [0.15, 0.2) is 0 Å². The first-order valence-electron chi connectivity index (χ1n) is 7.61. The van der Waals surface area contributed by atoms with E-state index in [0.717, 1.165) is 12.1 Å². The summed E-state index contributed by atoms with van der Waals surface area (Å²) >= 11 is 4.75. The van der Waals surface area contributed by atoms with Crippen molar-refractivity contribution in [1.29, 1.82) is 0 Å². The fourth-order valence-corrected chi connectivity index (χ4v) is 2.94. The number of nitrogens with two attached hydrogens (primary N) is 1. The zero-order valence-corrected chi connectivity index (χ0v) is 13.8. The molecule has 7 heteroatoms. The highest BCUT2D eigenvalue weighted by Crippen LogP contribution is 2.30. The van der Waals surface area contributed by atoms with E-state index in [1.807, 2.05) is 0 Å². The molecule has 2 N–H and O–H groups in total. The van der Waals surface area contributed by atoms with Crippen molar-refractivity contribution in [3.05, 3.63) is 29.3 Å². The summed E-state index contributed by atoms with van der Waals surface area (Å²) in [6, 6.07) is 2.32. The van der Waals surface area contributed by atoms with Crippen LogP contribution in [0.25, 0.3) is 0 Å². The molecule has 1 heterocycles. The van der Waals surface area contributed by atoms with Gasteiger partial charge in [-0.05, 0) is 37.8 Å². The number of rotatable bonds is 5. The van der Waals surface area contributed by atoms with E-state index in [9.17, 15) is 13.6 Å². The SMILES string of the molecule is CCOC(=O)CC1CCN(c2c(F)cc(C(N)=S)cc2F)CC1. The Morgan fingerprint density at radius 1 is 1.35 bits per heavy atom. The number of thiocarbonyl (C=S) groups is 1. The minimum Gasteiger partial charge on any atom is -0.466 e. The smallest absolute Gasteiger partial charge is 0.306 e. The van der Waals surface area contributed by atoms with E-state index < -0.39 is 11.6 Å². The van der Waals surface area contributed by atoms with Crippen molar-refractivity contribution in [2.45, 2.75) is 26.2 Å². The Bertz CT molecular complexity index is 579. The average molecular weight is 342 g/mol. The molecular formula is C16H20F2N2O2S. The summed E-state index contributed by atoms with van der Waals surface area (Å²) in [5.41, 5.74) is 5.53. The molecule has 0 saturated carbocycles. The predicted molar refractivity (Wildman–Crippen MR) is 88.4 cm³/mol. The molecule has 0 spiro atoms. The highest BCUT2D eigenvalue weighted by Gasteiger charge is 2.26. The van der Waals surface area contributed by atoms with Crippen LogP contribution in [-0.4, -0.2) is 30.7 Å². The lowest BCUT2D eigenvalue weighted by molar-refractivity contribution is -0.144. The minimum absolute atomic E-state index is 0.0394. The van der Waals surface area contributed by atoms with Crippen LogP contribution < -0.4 is 10.6 Å². The number of esters is 1. The first-order valence-corrected chi connectivity index (χ1v) is 8.02. The summed E-state index contributed by atoms with van der Waals surface area (Å²) < 4.78 is 33.3. The van der Waals surface area contributed by atoms with E-state index in [1.165, 1.54) is 0 Å². The number of anilines is 1. The van der Waals surface area contributed by atoms with Crippen molar-refractivity contribution < 1.29 is 18.3 Å². The molecule has 4 nitrogen and oxygen atoms in total. The molecule has 1 saturated heterocycles. The van der Waals surface area contributed by atoms with Crippen molar-refractivity contribution in [2.75, 3.05) is 24.6 Å². The van der Waals surface area contributed by atoms with Crippen molar-refractivity contribution in [2.24, 2.45) is 11.7 Å². The minimum atomic E-state index is -0.670. The maximum atomic E-state index is 14.2. The molecule has 0 unspecified atom stereocenters. The van der Waals surface area contributed by atoms with E-state index in [0.29, 0.717) is 39.0 Å². The van der Waals surface area contributed by atoms with Gasteiger partial charge in [-0.3, -0.25) is 4.79 Å². The van der Waals surface area contributed by atoms with Gasteiger partial charge < -0.3 is 15.4 Å². The van der Waals surface area contributed by atoms with Gasteiger partial charge in [0.2, 0.25) is 0 Å². The highest BCUT2D eigenvalue weighted by molar-refractivity contribution is 7.80. The number of nitrogens with zero attached hydrogens (tertiary/aromatic N) is 1. The number of piperidine rings is 1. The van der Waals surface area contributed by atoms with E-state index in [1.54, 1.807) is 11.8 Å². The number of hydrogen-bond acceptors (Lipinski definition) is 4. The number of carbonyl (C=O) groups excluding carboxylic acids is 1. The molecule has 0 radical (unpaired) electrons. The third-order valence-corrected chi connectivity index (χ3v) is 4.23. The molecule has 1 aliphatic rings. The Hall–Kier alpha value is -1.76. The van der Waals surface area contributed by atoms with Gasteiger partial charge in [-0.15, -0.1) is 0 Å². The number of hydrogen-bond donors (Lipinski definition) is 1. The molecule has 2 rings (SSSR count). The second-order valence-electron chi connectivity index (χ2n) is 5.59. The van der Waals surface area contributed by atoms with Gasteiger partial charge in [0.25, 0.3) is 0 Å². The van der Waals surface area contributed by atoms with Gasteiger partial charge >= 0.3 is 5.97 Å². The number of benzene rings is 1. The molecule has 23 heavy (non-hydrogen) atoms. The Balaban J connectivity index is 2.03. The second-order valence-corrected chi connectivity index (χ2v) is 6.03. The molecule has 126 valence electrons. The number of ether oxygens (including phenoxy) is 1. The summed E-state index contributed by atoms with van der Waals surface area (Å²) in [6.45, 7) is 3.11. The topological polar surface area (TPSA) is 55.6 Å². The highest BCUT2D eigenvalue weighted by atomic mass is 32.1. The van der Waals surface area contributed by atoms with Crippen LogP contribution in [0.15, 0.2) is 12.1 Å². The molecule has 0 aromatic heterocycles. The first-order chi connectivity index (χ1) is 10.9. The molecule has 1 fully saturated rings. The Kier molecular flexibility index (Phi) is 5.87. The van der Waals surface area contributed by atoms with Crippen molar-refractivity contribution >= 4 is 28.9 Å². The van der Waals surface area contributed by atoms with Crippen molar-refractivity contribution in [3.63, 3.8) is 0 Å². The summed E-state index contributed by atoms with van der Waals surface area (Å²) in [7, 11) is 0. The van der Waals surface area contributed by atoms with Gasteiger partial charge in [-0.25, -0.2) is 8.78 Å². The molecule has 0 aliphatic carbocycles. The lowest BCUT2D eigenvalue weighted by Gasteiger charge is -2.33. The van der Waals surface area contributed by atoms with Gasteiger partial charge in [0.05, 0.1) is 6.61 Å². The van der Waals surface area contributed by atoms with Gasteiger partial charge in [0.1, 0.15) is 22.3 Å². The molecule has 0 bridgehead atoms. The van der Waals surface area contributed by atoms with Gasteiger partial charge in [0, 0.05) is 25.1 Å². The maximum absolute atomic E-state index is 14.2. The summed E-state index contributed by atoms with van der Waals surface area (Å²) in [6.07, 6.45) is 1.73. The Morgan fingerprint density at radius 2 is 1.91 bits per heavy atom. The third kappa shape index (κ3) is 4.37. The molecule has 0 atom stereocenters. The largest absolute Gasteiger partial charge is 0.466 e. The Morgan fingerprint density at radius 3 is 2.39 bits per heavy atom. The third-order valence-electron chi connectivity index (χ3n) is 3.99. The second kappa shape index (κ2) is 7.68. The van der Waals surface area contributed by atoms with Gasteiger partial charge in [-0.2, -0.15) is 0 Å². The number of halogens is 2. The fourth-order valence-electron chi connectivity index (χ4n) is 2.83. The van der Waals surface area contributed by atoms with Crippen LogP contribution >= 0.6 is 12.2 Å². The van der Waals surface area contributed by atoms with Crippen molar-refractivity contribution in [1.82, 2.24) is 0 Å². The summed E-state index contributed by atoms with van der Waals surface area (Å²) in [5, 5.41) is 0. The van der Waals surface area contributed by atoms with E-state index in [4.69, 9.17) is 22.7 Å². The maximum Gasteiger partial charge on any atom is 0.306 e. The fraction of sp³-hybridized carbons (Fsp3) is 0.500. The van der Waals surface area contributed by atoms with Crippen LogP contribution in [0.3, 0.4) is 0 Å². The molecule has 1 aromatic rings. The first kappa shape index (κ1) is 17.6. The van der Waals surface area contributed by atoms with Crippen LogP contribution in [0, 0.1) is 17.6 Å². The molecule has 1 aromatic carbocycles. The van der Waals surface area contributed by atoms with Crippen LogP contribution in [0.2, 0.25) is 0 Å². The zero-order valence-electron chi connectivity index (χ0n) is 13.0.